The summed E-state index contributed by atoms with van der Waals surface area (Å²) in [4.78, 5) is 10.6. The number of benzene rings is 1. The van der Waals surface area contributed by atoms with Gasteiger partial charge >= 0.3 is 5.97 Å². The van der Waals surface area contributed by atoms with Gasteiger partial charge in [0, 0.05) is 6.08 Å². The molecule has 0 fully saturated rings. The summed E-state index contributed by atoms with van der Waals surface area (Å²) in [5, 5.41) is 8.71. The molecule has 0 saturated carbocycles. The van der Waals surface area contributed by atoms with Gasteiger partial charge in [0.25, 0.3) is 0 Å². The van der Waals surface area contributed by atoms with Crippen LogP contribution in [0.25, 0.3) is 12.2 Å². The van der Waals surface area contributed by atoms with Gasteiger partial charge in [-0.1, -0.05) is 38.1 Å². The number of rotatable bonds is 5. The van der Waals surface area contributed by atoms with Crippen molar-refractivity contribution in [2.24, 2.45) is 0 Å². The Bertz CT molecular complexity index is 482. The van der Waals surface area contributed by atoms with Gasteiger partial charge in [0.1, 0.15) is 0 Å². The van der Waals surface area contributed by atoms with Crippen molar-refractivity contribution in [1.29, 1.82) is 0 Å². The lowest BCUT2D eigenvalue weighted by molar-refractivity contribution is -0.131. The standard InChI is InChI=1S/C16H20O2/c1-4-7-12-8-9-13(10-11-16(17)18)15(6-3)14(12)5-2/h4,7-11H,5-6H2,1-3H3,(H,17,18)/b7-4+,11-10+. The van der Waals surface area contributed by atoms with Crippen LogP contribution in [0.3, 0.4) is 0 Å². The summed E-state index contributed by atoms with van der Waals surface area (Å²) >= 11 is 0. The molecule has 0 spiro atoms. The Morgan fingerprint density at radius 2 is 1.61 bits per heavy atom. The van der Waals surface area contributed by atoms with Gasteiger partial charge in [-0.15, -0.1) is 0 Å². The predicted molar refractivity (Wildman–Crippen MR) is 76.6 cm³/mol. The van der Waals surface area contributed by atoms with Crippen LogP contribution in [0.1, 0.15) is 43.0 Å². The summed E-state index contributed by atoms with van der Waals surface area (Å²) in [5.74, 6) is -0.910. The van der Waals surface area contributed by atoms with E-state index >= 15 is 0 Å². The first-order valence-electron chi connectivity index (χ1n) is 6.32. The molecule has 0 radical (unpaired) electrons. The predicted octanol–water partition coefficient (Wildman–Crippen LogP) is 3.94. The summed E-state index contributed by atoms with van der Waals surface area (Å²) in [6.45, 7) is 6.24. The van der Waals surface area contributed by atoms with Gasteiger partial charge in [-0.05, 0) is 48.1 Å². The van der Waals surface area contributed by atoms with Crippen molar-refractivity contribution in [3.05, 3.63) is 46.5 Å². The van der Waals surface area contributed by atoms with Crippen LogP contribution in [0.4, 0.5) is 0 Å². The Balaban J connectivity index is 3.34. The van der Waals surface area contributed by atoms with Gasteiger partial charge in [-0.2, -0.15) is 0 Å². The molecule has 0 amide bonds. The van der Waals surface area contributed by atoms with Crippen LogP contribution in [0.15, 0.2) is 24.3 Å². The minimum Gasteiger partial charge on any atom is -0.478 e. The van der Waals surface area contributed by atoms with E-state index in [2.05, 4.69) is 26.0 Å². The molecule has 1 aromatic rings. The number of allylic oxidation sites excluding steroid dienone is 1. The van der Waals surface area contributed by atoms with E-state index in [1.165, 1.54) is 22.8 Å². The fourth-order valence-corrected chi connectivity index (χ4v) is 2.22. The molecule has 1 rings (SSSR count). The highest BCUT2D eigenvalue weighted by Gasteiger charge is 2.07. The summed E-state index contributed by atoms with van der Waals surface area (Å²) in [6, 6.07) is 4.05. The molecule has 0 aromatic heterocycles. The van der Waals surface area contributed by atoms with Crippen molar-refractivity contribution in [3.63, 3.8) is 0 Å². The normalized spacial score (nSPS) is 11.5. The van der Waals surface area contributed by atoms with Gasteiger partial charge in [0.2, 0.25) is 0 Å². The van der Waals surface area contributed by atoms with Gasteiger partial charge in [0.15, 0.2) is 0 Å². The molecule has 0 aliphatic heterocycles. The highest BCUT2D eigenvalue weighted by Crippen LogP contribution is 2.23. The molecule has 0 bridgehead atoms. The summed E-state index contributed by atoms with van der Waals surface area (Å²) in [5.41, 5.74) is 4.78. The van der Waals surface area contributed by atoms with Crippen molar-refractivity contribution < 1.29 is 9.90 Å². The molecule has 96 valence electrons. The Kier molecular flexibility index (Phi) is 5.37. The lowest BCUT2D eigenvalue weighted by atomic mass is 9.92. The fourth-order valence-electron chi connectivity index (χ4n) is 2.22. The summed E-state index contributed by atoms with van der Waals surface area (Å²) in [7, 11) is 0. The Morgan fingerprint density at radius 1 is 1.11 bits per heavy atom. The van der Waals surface area contributed by atoms with E-state index in [-0.39, 0.29) is 0 Å². The molecule has 1 N–H and O–H groups in total. The number of carboxylic acid groups (broad SMARTS) is 1. The molecule has 0 atom stereocenters. The zero-order chi connectivity index (χ0) is 13.5. The van der Waals surface area contributed by atoms with Gasteiger partial charge in [-0.3, -0.25) is 0 Å². The summed E-state index contributed by atoms with van der Waals surface area (Å²) in [6.07, 6.45) is 8.87. The monoisotopic (exact) mass is 244 g/mol. The minimum absolute atomic E-state index is 0.910. The quantitative estimate of drug-likeness (QED) is 0.796. The molecule has 2 nitrogen and oxygen atoms in total. The Labute approximate surface area is 109 Å². The van der Waals surface area contributed by atoms with Gasteiger partial charge < -0.3 is 5.11 Å². The summed E-state index contributed by atoms with van der Waals surface area (Å²) < 4.78 is 0. The topological polar surface area (TPSA) is 37.3 Å². The van der Waals surface area contributed by atoms with Crippen molar-refractivity contribution >= 4 is 18.1 Å². The van der Waals surface area contributed by atoms with E-state index < -0.39 is 5.97 Å². The second-order valence-corrected chi connectivity index (χ2v) is 4.08. The highest BCUT2D eigenvalue weighted by molar-refractivity contribution is 5.85. The van der Waals surface area contributed by atoms with E-state index in [4.69, 9.17) is 5.11 Å². The Hall–Kier alpha value is -1.83. The number of carbonyl (C=O) groups is 1. The molecule has 0 aliphatic rings. The third-order valence-corrected chi connectivity index (χ3v) is 2.96. The van der Waals surface area contributed by atoms with Gasteiger partial charge in [0.05, 0.1) is 0 Å². The smallest absolute Gasteiger partial charge is 0.328 e. The Morgan fingerprint density at radius 3 is 2.00 bits per heavy atom. The van der Waals surface area contributed by atoms with E-state index in [9.17, 15) is 4.79 Å². The van der Waals surface area contributed by atoms with Crippen molar-refractivity contribution in [2.45, 2.75) is 33.6 Å². The van der Waals surface area contributed by atoms with Crippen LogP contribution in [-0.2, 0) is 17.6 Å². The minimum atomic E-state index is -0.910. The zero-order valence-electron chi connectivity index (χ0n) is 11.2. The second-order valence-electron chi connectivity index (χ2n) is 4.08. The van der Waals surface area contributed by atoms with Crippen molar-refractivity contribution in [2.75, 3.05) is 0 Å². The average molecular weight is 244 g/mol. The molecular formula is C16H20O2. The third-order valence-electron chi connectivity index (χ3n) is 2.96. The van der Waals surface area contributed by atoms with Crippen LogP contribution < -0.4 is 0 Å². The van der Waals surface area contributed by atoms with E-state index in [1.807, 2.05) is 19.1 Å². The third kappa shape index (κ3) is 3.33. The van der Waals surface area contributed by atoms with E-state index in [0.29, 0.717) is 0 Å². The first-order valence-corrected chi connectivity index (χ1v) is 6.32. The van der Waals surface area contributed by atoms with Crippen LogP contribution >= 0.6 is 0 Å². The molecule has 0 heterocycles. The molecule has 18 heavy (non-hydrogen) atoms. The number of hydrogen-bond donors (Lipinski definition) is 1. The SMILES string of the molecule is C/C=C/c1ccc(/C=C/C(=O)O)c(CC)c1CC. The lowest BCUT2D eigenvalue weighted by Gasteiger charge is -2.13. The molecule has 0 aliphatic carbocycles. The van der Waals surface area contributed by atoms with Crippen LogP contribution in [0, 0.1) is 0 Å². The largest absolute Gasteiger partial charge is 0.478 e. The zero-order valence-corrected chi connectivity index (χ0v) is 11.2. The molecule has 2 heteroatoms. The number of carboxylic acids is 1. The first kappa shape index (κ1) is 14.2. The fraction of sp³-hybridized carbons (Fsp3) is 0.312. The van der Waals surface area contributed by atoms with Crippen LogP contribution in [-0.4, -0.2) is 11.1 Å². The maximum Gasteiger partial charge on any atom is 0.328 e. The van der Waals surface area contributed by atoms with E-state index in [0.717, 1.165) is 18.4 Å². The van der Waals surface area contributed by atoms with Crippen LogP contribution in [0.2, 0.25) is 0 Å². The average Bonchev–Trinajstić information content (AvgIpc) is 2.36. The second kappa shape index (κ2) is 6.80. The first-order chi connectivity index (χ1) is 8.63. The van der Waals surface area contributed by atoms with Gasteiger partial charge in [-0.25, -0.2) is 4.79 Å². The number of hydrogen-bond acceptors (Lipinski definition) is 1. The van der Waals surface area contributed by atoms with Crippen molar-refractivity contribution in [1.82, 2.24) is 0 Å². The van der Waals surface area contributed by atoms with Crippen molar-refractivity contribution in [3.8, 4) is 0 Å². The number of aliphatic carboxylic acids is 1. The maximum absolute atomic E-state index is 10.6. The molecule has 1 aromatic carbocycles. The lowest BCUT2D eigenvalue weighted by Crippen LogP contribution is -1.98. The molecule has 0 unspecified atom stereocenters. The highest BCUT2D eigenvalue weighted by atomic mass is 16.4. The van der Waals surface area contributed by atoms with E-state index in [1.54, 1.807) is 6.08 Å². The maximum atomic E-state index is 10.6. The molecule has 0 saturated heterocycles. The molecular weight excluding hydrogens is 224 g/mol. The van der Waals surface area contributed by atoms with Crippen LogP contribution in [0.5, 0.6) is 0 Å².